The van der Waals surface area contributed by atoms with Gasteiger partial charge in [0.05, 0.1) is 0 Å². The molecule has 2 heterocycles. The van der Waals surface area contributed by atoms with Crippen LogP contribution in [0.1, 0.15) is 18.2 Å². The van der Waals surface area contributed by atoms with Crippen LogP contribution in [0.25, 0.3) is 5.78 Å². The summed E-state index contributed by atoms with van der Waals surface area (Å²) in [6.07, 6.45) is 3.30. The third-order valence-electron chi connectivity index (χ3n) is 3.30. The van der Waals surface area contributed by atoms with Gasteiger partial charge in [0.25, 0.3) is 5.78 Å². The van der Waals surface area contributed by atoms with Gasteiger partial charge in [0.15, 0.2) is 0 Å². The highest BCUT2D eigenvalue weighted by atomic mass is 35.5. The van der Waals surface area contributed by atoms with Crippen molar-refractivity contribution in [2.75, 3.05) is 11.9 Å². The minimum Gasteiger partial charge on any atom is -0.370 e. The van der Waals surface area contributed by atoms with Crippen LogP contribution >= 0.6 is 11.6 Å². The molecule has 0 spiro atoms. The van der Waals surface area contributed by atoms with Crippen molar-refractivity contribution in [2.45, 2.75) is 19.8 Å². The number of halogens is 1. The van der Waals surface area contributed by atoms with Gasteiger partial charge in [0, 0.05) is 23.3 Å². The molecule has 0 aliphatic carbocycles. The van der Waals surface area contributed by atoms with Crippen LogP contribution in [0.4, 0.5) is 5.82 Å². The van der Waals surface area contributed by atoms with Gasteiger partial charge in [-0.3, -0.25) is 0 Å². The van der Waals surface area contributed by atoms with Crippen LogP contribution < -0.4 is 5.32 Å². The maximum atomic E-state index is 5.89. The molecule has 0 amide bonds. The molecule has 0 unspecified atom stereocenters. The molecular formula is C15H16ClN5. The summed E-state index contributed by atoms with van der Waals surface area (Å²) in [5.74, 6) is 1.55. The number of hydrogen-bond donors (Lipinski definition) is 1. The lowest BCUT2D eigenvalue weighted by Crippen LogP contribution is -2.10. The highest BCUT2D eigenvalue weighted by molar-refractivity contribution is 6.30. The lowest BCUT2D eigenvalue weighted by Gasteiger charge is -2.09. The first-order valence-corrected chi connectivity index (χ1v) is 7.32. The van der Waals surface area contributed by atoms with Crippen molar-refractivity contribution in [3.63, 3.8) is 0 Å². The van der Waals surface area contributed by atoms with Crippen molar-refractivity contribution in [1.82, 2.24) is 19.6 Å². The van der Waals surface area contributed by atoms with Crippen molar-refractivity contribution >= 4 is 23.2 Å². The number of nitrogens with one attached hydrogen (secondary N) is 1. The molecule has 0 bridgehead atoms. The standard InChI is InChI=1S/C15H16ClN5/c1-2-13-9-14(21-15(20-13)18-10-19-21)17-8-7-11-3-5-12(16)6-4-11/h3-6,9-10,17H,2,7-8H2,1H3. The van der Waals surface area contributed by atoms with E-state index < -0.39 is 0 Å². The van der Waals surface area contributed by atoms with E-state index in [-0.39, 0.29) is 0 Å². The van der Waals surface area contributed by atoms with Crippen molar-refractivity contribution < 1.29 is 0 Å². The molecule has 3 rings (SSSR count). The summed E-state index contributed by atoms with van der Waals surface area (Å²) in [4.78, 5) is 8.57. The second-order valence-corrected chi connectivity index (χ2v) is 5.20. The predicted molar refractivity (Wildman–Crippen MR) is 83.8 cm³/mol. The van der Waals surface area contributed by atoms with Gasteiger partial charge in [-0.1, -0.05) is 30.7 Å². The highest BCUT2D eigenvalue weighted by Gasteiger charge is 2.06. The van der Waals surface area contributed by atoms with Crippen molar-refractivity contribution in [3.8, 4) is 0 Å². The molecule has 6 heteroatoms. The lowest BCUT2D eigenvalue weighted by atomic mass is 10.1. The van der Waals surface area contributed by atoms with E-state index in [0.29, 0.717) is 5.78 Å². The third-order valence-corrected chi connectivity index (χ3v) is 3.55. The Labute approximate surface area is 128 Å². The number of aromatic nitrogens is 4. The van der Waals surface area contributed by atoms with E-state index in [2.05, 4.69) is 27.3 Å². The first-order chi connectivity index (χ1) is 10.3. The van der Waals surface area contributed by atoms with Gasteiger partial charge < -0.3 is 5.32 Å². The molecule has 5 nitrogen and oxygen atoms in total. The molecule has 0 saturated carbocycles. The van der Waals surface area contributed by atoms with Gasteiger partial charge in [0.2, 0.25) is 0 Å². The van der Waals surface area contributed by atoms with Gasteiger partial charge in [-0.05, 0) is 30.5 Å². The molecule has 3 aromatic rings. The van der Waals surface area contributed by atoms with E-state index in [1.807, 2.05) is 30.3 Å². The quantitative estimate of drug-likeness (QED) is 0.787. The number of nitrogens with zero attached hydrogens (tertiary/aromatic N) is 4. The molecule has 108 valence electrons. The van der Waals surface area contributed by atoms with E-state index in [9.17, 15) is 0 Å². The Balaban J connectivity index is 1.72. The summed E-state index contributed by atoms with van der Waals surface area (Å²) in [6, 6.07) is 9.92. The third kappa shape index (κ3) is 3.13. The van der Waals surface area contributed by atoms with Crippen LogP contribution in [0.15, 0.2) is 36.7 Å². The molecule has 1 N–H and O–H groups in total. The summed E-state index contributed by atoms with van der Waals surface area (Å²) >= 11 is 5.89. The summed E-state index contributed by atoms with van der Waals surface area (Å²) in [7, 11) is 0. The molecule has 1 aromatic carbocycles. The smallest absolute Gasteiger partial charge is 0.254 e. The Kier molecular flexibility index (Phi) is 4.01. The lowest BCUT2D eigenvalue weighted by molar-refractivity contribution is 0.893. The van der Waals surface area contributed by atoms with Crippen LogP contribution in [0, 0.1) is 0 Å². The highest BCUT2D eigenvalue weighted by Crippen LogP contribution is 2.13. The zero-order valence-electron chi connectivity index (χ0n) is 11.8. The maximum Gasteiger partial charge on any atom is 0.254 e. The Morgan fingerprint density at radius 2 is 2.05 bits per heavy atom. The Bertz CT molecular complexity index is 735. The van der Waals surface area contributed by atoms with Gasteiger partial charge >= 0.3 is 0 Å². The average molecular weight is 302 g/mol. The van der Waals surface area contributed by atoms with Gasteiger partial charge in [-0.2, -0.15) is 14.6 Å². The summed E-state index contributed by atoms with van der Waals surface area (Å²) in [5, 5.41) is 8.36. The molecule has 0 fully saturated rings. The fraction of sp³-hybridized carbons (Fsp3) is 0.267. The minimum absolute atomic E-state index is 0.628. The zero-order valence-corrected chi connectivity index (χ0v) is 12.5. The molecule has 0 radical (unpaired) electrons. The van der Waals surface area contributed by atoms with Gasteiger partial charge in [-0.15, -0.1) is 0 Å². The average Bonchev–Trinajstić information content (AvgIpc) is 2.97. The van der Waals surface area contributed by atoms with E-state index >= 15 is 0 Å². The Morgan fingerprint density at radius 3 is 2.81 bits per heavy atom. The second kappa shape index (κ2) is 6.10. The Morgan fingerprint density at radius 1 is 1.24 bits per heavy atom. The van der Waals surface area contributed by atoms with E-state index in [0.717, 1.165) is 35.9 Å². The summed E-state index contributed by atoms with van der Waals surface area (Å²) < 4.78 is 1.72. The van der Waals surface area contributed by atoms with Crippen LogP contribution in [0.5, 0.6) is 0 Å². The Hall–Kier alpha value is -2.14. The summed E-state index contributed by atoms with van der Waals surface area (Å²) in [5.41, 5.74) is 2.25. The molecule has 21 heavy (non-hydrogen) atoms. The number of hydrogen-bond acceptors (Lipinski definition) is 4. The van der Waals surface area contributed by atoms with Gasteiger partial charge in [-0.25, -0.2) is 4.98 Å². The SMILES string of the molecule is CCc1cc(NCCc2ccc(Cl)cc2)n2ncnc2n1. The molecule has 0 atom stereocenters. The fourth-order valence-corrected chi connectivity index (χ4v) is 2.28. The molecule has 0 aliphatic rings. The van der Waals surface area contributed by atoms with Crippen molar-refractivity contribution in [1.29, 1.82) is 0 Å². The largest absolute Gasteiger partial charge is 0.370 e. The zero-order chi connectivity index (χ0) is 14.7. The van der Waals surface area contributed by atoms with E-state index in [4.69, 9.17) is 11.6 Å². The van der Waals surface area contributed by atoms with E-state index in [1.54, 1.807) is 4.52 Å². The normalized spacial score (nSPS) is 11.0. The van der Waals surface area contributed by atoms with Crippen molar-refractivity contribution in [2.24, 2.45) is 0 Å². The molecule has 0 saturated heterocycles. The number of aryl methyl sites for hydroxylation is 1. The minimum atomic E-state index is 0.628. The monoisotopic (exact) mass is 301 g/mol. The van der Waals surface area contributed by atoms with Crippen LogP contribution in [-0.2, 0) is 12.8 Å². The molecule has 0 aliphatic heterocycles. The number of rotatable bonds is 5. The van der Waals surface area contributed by atoms with Gasteiger partial charge in [0.1, 0.15) is 12.1 Å². The molecule has 2 aromatic heterocycles. The summed E-state index contributed by atoms with van der Waals surface area (Å²) in [6.45, 7) is 2.89. The number of benzene rings is 1. The number of fused-ring (bicyclic) bond motifs is 1. The maximum absolute atomic E-state index is 5.89. The second-order valence-electron chi connectivity index (χ2n) is 4.76. The first kappa shape index (κ1) is 13.8. The first-order valence-electron chi connectivity index (χ1n) is 6.94. The predicted octanol–water partition coefficient (Wildman–Crippen LogP) is 2.99. The van der Waals surface area contributed by atoms with Crippen molar-refractivity contribution in [3.05, 3.63) is 52.9 Å². The fourth-order valence-electron chi connectivity index (χ4n) is 2.15. The van der Waals surface area contributed by atoms with Crippen LogP contribution in [-0.4, -0.2) is 26.1 Å². The topological polar surface area (TPSA) is 55.1 Å². The van der Waals surface area contributed by atoms with E-state index in [1.165, 1.54) is 11.9 Å². The number of anilines is 1. The van der Waals surface area contributed by atoms with Crippen LogP contribution in [0.2, 0.25) is 5.02 Å². The molecular weight excluding hydrogens is 286 g/mol. The van der Waals surface area contributed by atoms with Crippen LogP contribution in [0.3, 0.4) is 0 Å².